The van der Waals surface area contributed by atoms with E-state index in [0.29, 0.717) is 18.8 Å². The van der Waals surface area contributed by atoms with Gasteiger partial charge in [0.25, 0.3) is 0 Å². The van der Waals surface area contributed by atoms with E-state index in [-0.39, 0.29) is 41.9 Å². The van der Waals surface area contributed by atoms with Gasteiger partial charge in [0.2, 0.25) is 11.8 Å². The molecule has 2 amide bonds. The van der Waals surface area contributed by atoms with E-state index in [0.717, 1.165) is 38.6 Å². The summed E-state index contributed by atoms with van der Waals surface area (Å²) < 4.78 is 0. The number of carbonyl (C=O) groups is 2. The second kappa shape index (κ2) is 7.66. The zero-order chi connectivity index (χ0) is 21.7. The molecule has 0 N–H and O–H groups in total. The summed E-state index contributed by atoms with van der Waals surface area (Å²) in [5.74, 6) is 0.00402. The number of carbonyl (C=O) groups excluding carboxylic acids is 2. The number of hydrogen-bond donors (Lipinski definition) is 0. The number of nitrogens with zero attached hydrogens (tertiary/aromatic N) is 5. The molecule has 1 aromatic carbocycles. The van der Waals surface area contributed by atoms with Gasteiger partial charge in [0, 0.05) is 31.6 Å². The number of amides is 2. The Balaban J connectivity index is 1.25. The maximum absolute atomic E-state index is 13.3. The summed E-state index contributed by atoms with van der Waals surface area (Å²) >= 11 is 0. The van der Waals surface area contributed by atoms with Crippen molar-refractivity contribution >= 4 is 17.5 Å². The number of hydrogen-bond acceptors (Lipinski definition) is 4. The predicted molar refractivity (Wildman–Crippen MR) is 114 cm³/mol. The summed E-state index contributed by atoms with van der Waals surface area (Å²) in [6.45, 7) is 11.2. The van der Waals surface area contributed by atoms with Crippen LogP contribution >= 0.6 is 0 Å². The molecule has 3 aliphatic heterocycles. The van der Waals surface area contributed by atoms with Crippen LogP contribution in [0.15, 0.2) is 18.2 Å². The van der Waals surface area contributed by atoms with E-state index < -0.39 is 0 Å². The van der Waals surface area contributed by atoms with E-state index >= 15 is 0 Å². The first-order chi connectivity index (χ1) is 15.0. The first-order valence-corrected chi connectivity index (χ1v) is 11.3. The molecule has 0 spiro atoms. The van der Waals surface area contributed by atoms with E-state index in [1.807, 2.05) is 25.1 Å². The van der Waals surface area contributed by atoms with Crippen molar-refractivity contribution < 1.29 is 9.59 Å². The lowest BCUT2D eigenvalue weighted by Crippen LogP contribution is -2.53. The molecule has 5 atom stereocenters. The summed E-state index contributed by atoms with van der Waals surface area (Å²) in [6, 6.07) is 7.95. The average molecular weight is 418 g/mol. The van der Waals surface area contributed by atoms with Gasteiger partial charge in [-0.25, -0.2) is 4.85 Å². The minimum Gasteiger partial charge on any atom is -0.330 e. The van der Waals surface area contributed by atoms with Crippen LogP contribution in [-0.2, 0) is 16.0 Å². The average Bonchev–Trinajstić information content (AvgIpc) is 3.55. The number of piperazine rings is 1. The SMILES string of the molecule is [C-]#[N+]c1ccc2c(c1)CC[C@H]2N1C(=O)[C@H]2C[C@@H]1CN2C[C@H](C)C(=O)N1CCC[C@H]1C#N. The lowest BCUT2D eigenvalue weighted by molar-refractivity contribution is -0.142. The molecule has 1 aromatic rings. The molecule has 7 nitrogen and oxygen atoms in total. The van der Waals surface area contributed by atoms with Crippen molar-refractivity contribution in [3.8, 4) is 6.07 Å². The van der Waals surface area contributed by atoms with Crippen molar-refractivity contribution in [2.45, 2.75) is 63.2 Å². The van der Waals surface area contributed by atoms with Gasteiger partial charge in [-0.1, -0.05) is 30.7 Å². The number of benzene rings is 1. The van der Waals surface area contributed by atoms with Gasteiger partial charge < -0.3 is 9.80 Å². The second-order valence-electron chi connectivity index (χ2n) is 9.37. The van der Waals surface area contributed by atoms with Gasteiger partial charge in [0.1, 0.15) is 6.04 Å². The fourth-order valence-corrected chi connectivity index (χ4v) is 6.12. The molecule has 160 valence electrons. The molecule has 3 saturated heterocycles. The van der Waals surface area contributed by atoms with Crippen LogP contribution in [0.4, 0.5) is 5.69 Å². The van der Waals surface area contributed by atoms with Crippen LogP contribution in [0.3, 0.4) is 0 Å². The molecule has 3 heterocycles. The molecule has 0 radical (unpaired) electrons. The molecular formula is C24H27N5O2. The highest BCUT2D eigenvalue weighted by Gasteiger charge is 2.53. The van der Waals surface area contributed by atoms with Crippen LogP contribution < -0.4 is 0 Å². The lowest BCUT2D eigenvalue weighted by Gasteiger charge is -2.38. The number of nitriles is 1. The molecule has 31 heavy (non-hydrogen) atoms. The third-order valence-corrected chi connectivity index (χ3v) is 7.57. The Labute approximate surface area is 183 Å². The third kappa shape index (κ3) is 3.20. The van der Waals surface area contributed by atoms with Crippen LogP contribution in [0.1, 0.15) is 49.8 Å². The Kier molecular flexibility index (Phi) is 4.95. The van der Waals surface area contributed by atoms with Crippen LogP contribution in [0.2, 0.25) is 0 Å². The second-order valence-corrected chi connectivity index (χ2v) is 9.37. The van der Waals surface area contributed by atoms with Crippen molar-refractivity contribution in [2.75, 3.05) is 19.6 Å². The molecule has 0 aromatic heterocycles. The van der Waals surface area contributed by atoms with Crippen LogP contribution in [-0.4, -0.2) is 64.3 Å². The number of aryl methyl sites for hydroxylation is 1. The monoisotopic (exact) mass is 417 g/mol. The van der Waals surface area contributed by atoms with Crippen molar-refractivity contribution in [3.05, 3.63) is 40.7 Å². The van der Waals surface area contributed by atoms with E-state index in [4.69, 9.17) is 6.57 Å². The minimum atomic E-state index is -0.298. The molecule has 0 saturated carbocycles. The van der Waals surface area contributed by atoms with Gasteiger partial charge in [-0.05, 0) is 37.7 Å². The molecule has 1 aliphatic carbocycles. The van der Waals surface area contributed by atoms with Gasteiger partial charge >= 0.3 is 0 Å². The quantitative estimate of drug-likeness (QED) is 0.706. The normalized spacial score (nSPS) is 30.4. The van der Waals surface area contributed by atoms with Gasteiger partial charge in [-0.3, -0.25) is 14.5 Å². The first-order valence-electron chi connectivity index (χ1n) is 11.3. The highest BCUT2D eigenvalue weighted by molar-refractivity contribution is 5.87. The lowest BCUT2D eigenvalue weighted by atomic mass is 10.0. The van der Waals surface area contributed by atoms with E-state index in [2.05, 4.69) is 20.7 Å². The fraction of sp³-hybridized carbons (Fsp3) is 0.583. The number of likely N-dealkylation sites (tertiary alicyclic amines) is 3. The van der Waals surface area contributed by atoms with Crippen LogP contribution in [0, 0.1) is 23.8 Å². The summed E-state index contributed by atoms with van der Waals surface area (Å²) in [6.07, 6.45) is 4.31. The molecular weight excluding hydrogens is 390 g/mol. The van der Waals surface area contributed by atoms with E-state index in [1.54, 1.807) is 4.90 Å². The maximum atomic E-state index is 13.3. The van der Waals surface area contributed by atoms with E-state index in [1.165, 1.54) is 11.1 Å². The highest BCUT2D eigenvalue weighted by atomic mass is 16.2. The molecule has 5 rings (SSSR count). The molecule has 7 heteroatoms. The zero-order valence-corrected chi connectivity index (χ0v) is 17.8. The first kappa shape index (κ1) is 20.0. The van der Waals surface area contributed by atoms with Crippen molar-refractivity contribution in [3.63, 3.8) is 0 Å². The summed E-state index contributed by atoms with van der Waals surface area (Å²) in [7, 11) is 0. The Morgan fingerprint density at radius 1 is 1.35 bits per heavy atom. The summed E-state index contributed by atoms with van der Waals surface area (Å²) in [5.41, 5.74) is 3.05. The Morgan fingerprint density at radius 2 is 2.19 bits per heavy atom. The van der Waals surface area contributed by atoms with Crippen LogP contribution in [0.5, 0.6) is 0 Å². The van der Waals surface area contributed by atoms with Gasteiger partial charge in [0.15, 0.2) is 5.69 Å². The zero-order valence-electron chi connectivity index (χ0n) is 17.8. The largest absolute Gasteiger partial charge is 0.330 e. The van der Waals surface area contributed by atoms with Crippen molar-refractivity contribution in [2.24, 2.45) is 5.92 Å². The predicted octanol–water partition coefficient (Wildman–Crippen LogP) is 2.66. The Bertz CT molecular complexity index is 1010. The molecule has 2 bridgehead atoms. The van der Waals surface area contributed by atoms with Gasteiger partial charge in [0.05, 0.1) is 24.7 Å². The number of rotatable bonds is 4. The third-order valence-electron chi connectivity index (χ3n) is 7.57. The Hall–Kier alpha value is -2.90. The van der Waals surface area contributed by atoms with Crippen molar-refractivity contribution in [1.29, 1.82) is 5.26 Å². The van der Waals surface area contributed by atoms with Gasteiger partial charge in [-0.15, -0.1) is 0 Å². The van der Waals surface area contributed by atoms with E-state index in [9.17, 15) is 14.9 Å². The molecule has 3 fully saturated rings. The summed E-state index contributed by atoms with van der Waals surface area (Å²) in [5, 5.41) is 9.28. The fourth-order valence-electron chi connectivity index (χ4n) is 6.12. The van der Waals surface area contributed by atoms with Crippen molar-refractivity contribution in [1.82, 2.24) is 14.7 Å². The van der Waals surface area contributed by atoms with Crippen LogP contribution in [0.25, 0.3) is 4.85 Å². The highest BCUT2D eigenvalue weighted by Crippen LogP contribution is 2.44. The minimum absolute atomic E-state index is 0.0384. The number of fused-ring (bicyclic) bond motifs is 3. The summed E-state index contributed by atoms with van der Waals surface area (Å²) in [4.78, 5) is 35.7. The topological polar surface area (TPSA) is 72.0 Å². The molecule has 0 unspecified atom stereocenters. The van der Waals surface area contributed by atoms with Gasteiger partial charge in [-0.2, -0.15) is 5.26 Å². The standard InChI is InChI=1S/C24H27N5O2/c1-15(23(30)28-9-3-4-18(28)12-25)13-27-14-19-11-22(27)24(31)29(19)21-8-5-16-10-17(26-2)6-7-20(16)21/h6-7,10,15,18-19,21-22H,3-5,8-9,11,13-14H2,1H3/t15-,18-,19+,21+,22+/m0/s1. The molecule has 4 aliphatic rings. The smallest absolute Gasteiger partial charge is 0.240 e. The maximum Gasteiger partial charge on any atom is 0.240 e. The Morgan fingerprint density at radius 3 is 2.94 bits per heavy atom.